The first kappa shape index (κ1) is 12.2. The van der Waals surface area contributed by atoms with Crippen LogP contribution in [0.25, 0.3) is 0 Å². The molecule has 0 bridgehead atoms. The Morgan fingerprint density at radius 3 is 2.82 bits per heavy atom. The molecule has 2 rings (SSSR count). The molecule has 6 nitrogen and oxygen atoms in total. The van der Waals surface area contributed by atoms with Gasteiger partial charge in [0.25, 0.3) is 0 Å². The Morgan fingerprint density at radius 1 is 1.53 bits per heavy atom. The zero-order chi connectivity index (χ0) is 12.3. The molecular formula is C11H18N4O2. The molecule has 0 amide bonds. The molecule has 0 aromatic carbocycles. The summed E-state index contributed by atoms with van der Waals surface area (Å²) in [6.07, 6.45) is 3.31. The molecule has 17 heavy (non-hydrogen) atoms. The van der Waals surface area contributed by atoms with Crippen molar-refractivity contribution in [3.63, 3.8) is 0 Å². The molecule has 1 aliphatic rings. The van der Waals surface area contributed by atoms with Crippen LogP contribution in [0.2, 0.25) is 0 Å². The summed E-state index contributed by atoms with van der Waals surface area (Å²) in [5.41, 5.74) is 6.41. The van der Waals surface area contributed by atoms with Gasteiger partial charge in [-0.1, -0.05) is 0 Å². The van der Waals surface area contributed by atoms with Crippen LogP contribution < -0.4 is 10.6 Å². The molecule has 3 N–H and O–H groups in total. The lowest BCUT2D eigenvalue weighted by Gasteiger charge is -2.37. The predicted molar refractivity (Wildman–Crippen MR) is 63.6 cm³/mol. The quantitative estimate of drug-likeness (QED) is 0.740. The van der Waals surface area contributed by atoms with Gasteiger partial charge in [-0.05, 0) is 6.92 Å². The van der Waals surface area contributed by atoms with Crippen molar-refractivity contribution in [3.8, 4) is 0 Å². The van der Waals surface area contributed by atoms with E-state index in [-0.39, 0.29) is 18.8 Å². The van der Waals surface area contributed by atoms with E-state index in [0.717, 1.165) is 5.56 Å². The molecule has 0 aliphatic carbocycles. The third kappa shape index (κ3) is 2.71. The van der Waals surface area contributed by atoms with Gasteiger partial charge < -0.3 is 20.5 Å². The second kappa shape index (κ2) is 5.39. The lowest BCUT2D eigenvalue weighted by atomic mass is 10.2. The summed E-state index contributed by atoms with van der Waals surface area (Å²) in [4.78, 5) is 10.6. The van der Waals surface area contributed by atoms with Gasteiger partial charge in [0, 0.05) is 31.0 Å². The SMILES string of the molecule is CC1COC(CO)CN1c1ncc(CN)cn1. The number of hydrogen-bond donors (Lipinski definition) is 2. The number of aliphatic hydroxyl groups excluding tert-OH is 1. The number of hydrogen-bond acceptors (Lipinski definition) is 6. The maximum atomic E-state index is 9.12. The van der Waals surface area contributed by atoms with E-state index in [9.17, 15) is 0 Å². The van der Waals surface area contributed by atoms with Crippen LogP contribution >= 0.6 is 0 Å². The van der Waals surface area contributed by atoms with Gasteiger partial charge >= 0.3 is 0 Å². The molecule has 6 heteroatoms. The molecule has 0 spiro atoms. The average molecular weight is 238 g/mol. The summed E-state index contributed by atoms with van der Waals surface area (Å²) < 4.78 is 5.47. The molecule has 2 atom stereocenters. The Kier molecular flexibility index (Phi) is 3.88. The number of nitrogens with zero attached hydrogens (tertiary/aromatic N) is 3. The van der Waals surface area contributed by atoms with Crippen molar-refractivity contribution >= 4 is 5.95 Å². The number of nitrogens with two attached hydrogens (primary N) is 1. The first-order valence-electron chi connectivity index (χ1n) is 5.74. The van der Waals surface area contributed by atoms with Crippen molar-refractivity contribution in [2.24, 2.45) is 5.73 Å². The number of rotatable bonds is 3. The van der Waals surface area contributed by atoms with Gasteiger partial charge in [-0.25, -0.2) is 9.97 Å². The summed E-state index contributed by atoms with van der Waals surface area (Å²) in [5.74, 6) is 0.663. The van der Waals surface area contributed by atoms with E-state index in [1.807, 2.05) is 11.8 Å². The highest BCUT2D eigenvalue weighted by Gasteiger charge is 2.27. The number of morpholine rings is 1. The zero-order valence-corrected chi connectivity index (χ0v) is 9.91. The summed E-state index contributed by atoms with van der Waals surface area (Å²) in [6.45, 7) is 3.70. The minimum Gasteiger partial charge on any atom is -0.394 e. The van der Waals surface area contributed by atoms with Gasteiger partial charge in [0.05, 0.1) is 25.4 Å². The molecular weight excluding hydrogens is 220 g/mol. The van der Waals surface area contributed by atoms with E-state index in [1.54, 1.807) is 12.4 Å². The fraction of sp³-hybridized carbons (Fsp3) is 0.636. The minimum atomic E-state index is -0.163. The molecule has 1 fully saturated rings. The van der Waals surface area contributed by atoms with Crippen molar-refractivity contribution in [3.05, 3.63) is 18.0 Å². The van der Waals surface area contributed by atoms with E-state index in [2.05, 4.69) is 9.97 Å². The van der Waals surface area contributed by atoms with Crippen LogP contribution in [0.4, 0.5) is 5.95 Å². The molecule has 2 unspecified atom stereocenters. The molecule has 2 heterocycles. The maximum Gasteiger partial charge on any atom is 0.225 e. The maximum absolute atomic E-state index is 9.12. The summed E-state index contributed by atoms with van der Waals surface area (Å²) in [7, 11) is 0. The highest BCUT2D eigenvalue weighted by molar-refractivity contribution is 5.32. The monoisotopic (exact) mass is 238 g/mol. The van der Waals surface area contributed by atoms with Crippen molar-refractivity contribution in [2.45, 2.75) is 25.6 Å². The first-order chi connectivity index (χ1) is 8.24. The van der Waals surface area contributed by atoms with Crippen molar-refractivity contribution in [2.75, 3.05) is 24.7 Å². The van der Waals surface area contributed by atoms with Crippen molar-refractivity contribution < 1.29 is 9.84 Å². The second-order valence-electron chi connectivity index (χ2n) is 4.23. The minimum absolute atomic E-state index is 0.0180. The second-order valence-corrected chi connectivity index (χ2v) is 4.23. The summed E-state index contributed by atoms with van der Waals surface area (Å²) in [6, 6.07) is 0.210. The van der Waals surface area contributed by atoms with Crippen molar-refractivity contribution in [1.82, 2.24) is 9.97 Å². The number of aromatic nitrogens is 2. The lowest BCUT2D eigenvalue weighted by Crippen LogP contribution is -2.50. The van der Waals surface area contributed by atoms with Gasteiger partial charge in [-0.2, -0.15) is 0 Å². The Bertz CT molecular complexity index is 357. The summed E-state index contributed by atoms with van der Waals surface area (Å²) >= 11 is 0. The highest BCUT2D eigenvalue weighted by atomic mass is 16.5. The van der Waals surface area contributed by atoms with Crippen LogP contribution in [0.3, 0.4) is 0 Å². The molecule has 0 radical (unpaired) electrons. The van der Waals surface area contributed by atoms with Gasteiger partial charge in [0.1, 0.15) is 0 Å². The van der Waals surface area contributed by atoms with Gasteiger partial charge in [-0.3, -0.25) is 0 Å². The standard InChI is InChI=1S/C11H18N4O2/c1-8-7-17-10(6-16)5-15(8)11-13-3-9(2-12)4-14-11/h3-4,8,10,16H,2,5-7,12H2,1H3. The highest BCUT2D eigenvalue weighted by Crippen LogP contribution is 2.17. The van der Waals surface area contributed by atoms with Crippen LogP contribution in [-0.4, -0.2) is 47.0 Å². The predicted octanol–water partition coefficient (Wildman–Crippen LogP) is -0.479. The van der Waals surface area contributed by atoms with Gasteiger partial charge in [-0.15, -0.1) is 0 Å². The number of aliphatic hydroxyl groups is 1. The third-order valence-electron chi connectivity index (χ3n) is 2.89. The molecule has 1 aliphatic heterocycles. The zero-order valence-electron chi connectivity index (χ0n) is 9.91. The number of anilines is 1. The Balaban J connectivity index is 2.12. The first-order valence-corrected chi connectivity index (χ1v) is 5.74. The average Bonchev–Trinajstić information content (AvgIpc) is 2.39. The fourth-order valence-electron chi connectivity index (χ4n) is 1.81. The Labute approximate surface area is 100 Å². The van der Waals surface area contributed by atoms with Crippen LogP contribution in [0, 0.1) is 0 Å². The molecule has 1 aromatic rings. The Hall–Kier alpha value is -1.24. The largest absolute Gasteiger partial charge is 0.394 e. The lowest BCUT2D eigenvalue weighted by molar-refractivity contribution is -0.0108. The molecule has 1 aromatic heterocycles. The van der Waals surface area contributed by atoms with E-state index in [4.69, 9.17) is 15.6 Å². The third-order valence-corrected chi connectivity index (χ3v) is 2.89. The normalized spacial score (nSPS) is 25.0. The van der Waals surface area contributed by atoms with E-state index < -0.39 is 0 Å². The molecule has 1 saturated heterocycles. The van der Waals surface area contributed by atoms with Crippen LogP contribution in [0.15, 0.2) is 12.4 Å². The van der Waals surface area contributed by atoms with E-state index in [0.29, 0.717) is 25.6 Å². The van der Waals surface area contributed by atoms with E-state index >= 15 is 0 Å². The van der Waals surface area contributed by atoms with E-state index in [1.165, 1.54) is 0 Å². The van der Waals surface area contributed by atoms with Gasteiger partial charge in [0.15, 0.2) is 0 Å². The van der Waals surface area contributed by atoms with Crippen molar-refractivity contribution in [1.29, 1.82) is 0 Å². The van der Waals surface area contributed by atoms with Gasteiger partial charge in [0.2, 0.25) is 5.95 Å². The topological polar surface area (TPSA) is 84.5 Å². The Morgan fingerprint density at radius 2 is 2.24 bits per heavy atom. The summed E-state index contributed by atoms with van der Waals surface area (Å²) in [5, 5.41) is 9.12. The molecule has 94 valence electrons. The molecule has 0 saturated carbocycles. The van der Waals surface area contributed by atoms with Crippen LogP contribution in [-0.2, 0) is 11.3 Å². The number of ether oxygens (including phenoxy) is 1. The van der Waals surface area contributed by atoms with Crippen LogP contribution in [0.1, 0.15) is 12.5 Å². The van der Waals surface area contributed by atoms with Crippen LogP contribution in [0.5, 0.6) is 0 Å². The smallest absolute Gasteiger partial charge is 0.225 e. The fourth-order valence-corrected chi connectivity index (χ4v) is 1.81.